The molecule has 0 aliphatic heterocycles. The van der Waals surface area contributed by atoms with E-state index in [0.717, 1.165) is 11.1 Å². The first-order valence-electron chi connectivity index (χ1n) is 9.44. The van der Waals surface area contributed by atoms with Gasteiger partial charge in [-0.2, -0.15) is 0 Å². The van der Waals surface area contributed by atoms with E-state index in [2.05, 4.69) is 57.2 Å². The van der Waals surface area contributed by atoms with Gasteiger partial charge in [-0.1, -0.05) is 97.0 Å². The van der Waals surface area contributed by atoms with Gasteiger partial charge in [-0.25, -0.2) is 0 Å². The molecule has 0 radical (unpaired) electrons. The highest BCUT2D eigenvalue weighted by atomic mass is 16.3. The van der Waals surface area contributed by atoms with E-state index in [9.17, 15) is 5.11 Å². The second-order valence-electron chi connectivity index (χ2n) is 6.64. The van der Waals surface area contributed by atoms with E-state index in [4.69, 9.17) is 0 Å². The van der Waals surface area contributed by atoms with Crippen LogP contribution in [0.4, 0.5) is 0 Å². The molecule has 0 fully saturated rings. The Morgan fingerprint density at radius 2 is 1.00 bits per heavy atom. The van der Waals surface area contributed by atoms with Crippen molar-refractivity contribution >= 4 is 0 Å². The van der Waals surface area contributed by atoms with Crippen LogP contribution in [-0.2, 0) is 11.0 Å². The molecule has 2 atom stereocenters. The molecule has 1 nitrogen and oxygen atoms in total. The van der Waals surface area contributed by atoms with Crippen LogP contribution in [0.5, 0.6) is 0 Å². The molecule has 1 heteroatoms. The molecule has 1 N–H and O–H groups in total. The Labute approximate surface area is 147 Å². The Bertz CT molecular complexity index is 593. The summed E-state index contributed by atoms with van der Waals surface area (Å²) in [6, 6.07) is 16.9. The van der Waals surface area contributed by atoms with Gasteiger partial charge < -0.3 is 5.11 Å². The third kappa shape index (κ3) is 2.10. The highest BCUT2D eigenvalue weighted by Gasteiger charge is 2.60. The fourth-order valence-electron chi connectivity index (χ4n) is 4.67. The van der Waals surface area contributed by atoms with Crippen molar-refractivity contribution in [2.75, 3.05) is 0 Å². The van der Waals surface area contributed by atoms with Crippen LogP contribution in [0.25, 0.3) is 0 Å². The van der Waals surface area contributed by atoms with Gasteiger partial charge in [0.15, 0.2) is 0 Å². The summed E-state index contributed by atoms with van der Waals surface area (Å²) < 4.78 is 0. The molecule has 0 aromatic heterocycles. The number of hydrogen-bond acceptors (Lipinski definition) is 1. The highest BCUT2D eigenvalue weighted by molar-refractivity contribution is 5.61. The number of hydrogen-bond donors (Lipinski definition) is 1. The molecule has 2 bridgehead atoms. The lowest BCUT2D eigenvalue weighted by Gasteiger charge is -2.59. The summed E-state index contributed by atoms with van der Waals surface area (Å²) in [6.07, 6.45) is 0. The molecule has 3 aliphatic carbocycles. The summed E-state index contributed by atoms with van der Waals surface area (Å²) in [4.78, 5) is 0. The molecule has 0 amide bonds. The van der Waals surface area contributed by atoms with Crippen molar-refractivity contribution in [3.8, 4) is 0 Å². The van der Waals surface area contributed by atoms with Crippen LogP contribution in [0.1, 0.15) is 70.7 Å². The predicted molar refractivity (Wildman–Crippen MR) is 103 cm³/mol. The second-order valence-corrected chi connectivity index (χ2v) is 6.64. The Morgan fingerprint density at radius 3 is 1.38 bits per heavy atom. The minimum Gasteiger partial charge on any atom is -0.380 e. The predicted octanol–water partition coefficient (Wildman–Crippen LogP) is 5.88. The first-order chi connectivity index (χ1) is 11.5. The zero-order valence-corrected chi connectivity index (χ0v) is 16.2. The monoisotopic (exact) mass is 324 g/mol. The Morgan fingerprint density at radius 1 is 0.667 bits per heavy atom. The van der Waals surface area contributed by atoms with Gasteiger partial charge in [0, 0.05) is 5.41 Å². The van der Waals surface area contributed by atoms with E-state index in [1.807, 2.05) is 39.8 Å². The average Bonchev–Trinajstić information content (AvgIpc) is 2.67. The van der Waals surface area contributed by atoms with Crippen molar-refractivity contribution in [3.63, 3.8) is 0 Å². The van der Waals surface area contributed by atoms with Crippen molar-refractivity contribution in [1.29, 1.82) is 0 Å². The largest absolute Gasteiger partial charge is 0.380 e. The number of fused-ring (bicyclic) bond motifs is 1. The van der Waals surface area contributed by atoms with Crippen LogP contribution in [0.2, 0.25) is 0 Å². The minimum atomic E-state index is -0.843. The van der Waals surface area contributed by atoms with Crippen LogP contribution in [0.15, 0.2) is 48.5 Å². The highest BCUT2D eigenvalue weighted by Crippen LogP contribution is 2.62. The maximum atomic E-state index is 11.6. The van der Waals surface area contributed by atoms with Crippen molar-refractivity contribution in [3.05, 3.63) is 70.8 Å². The molecular formula is C23H32O. The lowest BCUT2D eigenvalue weighted by Crippen LogP contribution is -2.57. The number of aliphatic hydroxyl groups is 1. The molecule has 3 aliphatic rings. The molecular weight excluding hydrogens is 292 g/mol. The Hall–Kier alpha value is -1.60. The maximum absolute atomic E-state index is 11.6. The molecule has 130 valence electrons. The maximum Gasteiger partial charge on any atom is 0.118 e. The molecule has 0 spiro atoms. The van der Waals surface area contributed by atoms with Gasteiger partial charge in [-0.3, -0.25) is 0 Å². The van der Waals surface area contributed by atoms with Crippen molar-refractivity contribution < 1.29 is 5.11 Å². The summed E-state index contributed by atoms with van der Waals surface area (Å²) >= 11 is 0. The first-order valence-corrected chi connectivity index (χ1v) is 9.44. The number of rotatable bonds is 0. The lowest BCUT2D eigenvalue weighted by atomic mass is 9.46. The Kier molecular flexibility index (Phi) is 5.25. The van der Waals surface area contributed by atoms with Crippen LogP contribution < -0.4 is 0 Å². The topological polar surface area (TPSA) is 20.2 Å². The van der Waals surface area contributed by atoms with Gasteiger partial charge in [0.1, 0.15) is 5.60 Å². The van der Waals surface area contributed by atoms with Gasteiger partial charge in [0.25, 0.3) is 0 Å². The summed E-state index contributed by atoms with van der Waals surface area (Å²) in [7, 11) is 0. The quantitative estimate of drug-likeness (QED) is 0.641. The van der Waals surface area contributed by atoms with E-state index in [0.29, 0.717) is 5.92 Å². The number of benzene rings is 2. The van der Waals surface area contributed by atoms with Gasteiger partial charge in [-0.15, -0.1) is 0 Å². The zero-order chi connectivity index (χ0) is 18.1. The summed E-state index contributed by atoms with van der Waals surface area (Å²) in [5.41, 5.74) is 3.96. The van der Waals surface area contributed by atoms with Gasteiger partial charge in [-0.05, 0) is 34.1 Å². The molecule has 5 rings (SSSR count). The molecule has 0 saturated carbocycles. The van der Waals surface area contributed by atoms with Crippen LogP contribution in [0.3, 0.4) is 0 Å². The minimum absolute atomic E-state index is 0.00289. The Balaban J connectivity index is 0.000000487. The van der Waals surface area contributed by atoms with E-state index in [1.54, 1.807) is 0 Å². The fraction of sp³-hybridized carbons (Fsp3) is 0.478. The van der Waals surface area contributed by atoms with Gasteiger partial charge in [0.2, 0.25) is 0 Å². The molecule has 24 heavy (non-hydrogen) atoms. The third-order valence-electron chi connectivity index (χ3n) is 6.11. The smallest absolute Gasteiger partial charge is 0.118 e. The van der Waals surface area contributed by atoms with Crippen LogP contribution in [0, 0.1) is 11.8 Å². The molecule has 2 unspecified atom stereocenters. The van der Waals surface area contributed by atoms with E-state index < -0.39 is 5.60 Å². The van der Waals surface area contributed by atoms with Gasteiger partial charge >= 0.3 is 0 Å². The van der Waals surface area contributed by atoms with Crippen LogP contribution in [-0.4, -0.2) is 5.11 Å². The summed E-state index contributed by atoms with van der Waals surface area (Å²) in [5, 5.41) is 11.6. The van der Waals surface area contributed by atoms with E-state index in [-0.39, 0.29) is 11.3 Å². The zero-order valence-electron chi connectivity index (χ0n) is 16.2. The van der Waals surface area contributed by atoms with E-state index in [1.165, 1.54) is 11.1 Å². The normalized spacial score (nSPS) is 31.7. The summed E-state index contributed by atoms with van der Waals surface area (Å²) in [5.74, 6) is 0.634. The molecule has 2 aromatic rings. The van der Waals surface area contributed by atoms with Crippen molar-refractivity contribution in [2.24, 2.45) is 11.8 Å². The van der Waals surface area contributed by atoms with E-state index >= 15 is 0 Å². The molecule has 0 heterocycles. The second kappa shape index (κ2) is 6.72. The van der Waals surface area contributed by atoms with Crippen molar-refractivity contribution in [1.82, 2.24) is 0 Å². The molecule has 0 saturated heterocycles. The van der Waals surface area contributed by atoms with Gasteiger partial charge in [0.05, 0.1) is 0 Å². The average molecular weight is 325 g/mol. The summed E-state index contributed by atoms with van der Waals surface area (Å²) in [6.45, 7) is 14.8. The fourth-order valence-corrected chi connectivity index (χ4v) is 4.67. The van der Waals surface area contributed by atoms with Crippen molar-refractivity contribution in [2.45, 2.75) is 59.5 Å². The SMILES string of the molecule is CC.CC.CC1C(C)C2(O)c3ccccc3C1(C)c1ccccc12. The third-order valence-corrected chi connectivity index (χ3v) is 6.11. The standard InChI is InChI=1S/C19H20O.2C2H6/c1-12-13(2)19(20)16-10-6-4-8-14(16)18(12,3)15-9-5-7-11-17(15)19;2*1-2/h4-13,20H,1-3H3;2*1-2H3. The lowest BCUT2D eigenvalue weighted by molar-refractivity contribution is -0.0442. The van der Waals surface area contributed by atoms with Crippen LogP contribution >= 0.6 is 0 Å². The first kappa shape index (κ1) is 18.7. The molecule has 2 aromatic carbocycles.